The first-order chi connectivity index (χ1) is 14.0. The van der Waals surface area contributed by atoms with Gasteiger partial charge in [0.2, 0.25) is 6.29 Å². The summed E-state index contributed by atoms with van der Waals surface area (Å²) in [5.74, 6) is -0.340. The van der Waals surface area contributed by atoms with Crippen molar-refractivity contribution in [3.63, 3.8) is 0 Å². The molecule has 1 aliphatic carbocycles. The first-order valence-corrected chi connectivity index (χ1v) is 9.86. The molecular weight excluding hydrogens is 372 g/mol. The molecule has 1 heterocycles. The number of allylic oxidation sites excluding steroid dienone is 5. The molecule has 6 heteroatoms. The Morgan fingerprint density at radius 2 is 2.10 bits per heavy atom. The number of carboxylic acid groups (broad SMARTS) is 1. The summed E-state index contributed by atoms with van der Waals surface area (Å²) in [6.45, 7) is 0.378. The number of carboxylic acids is 1. The molecule has 0 saturated heterocycles. The van der Waals surface area contributed by atoms with E-state index in [1.807, 2.05) is 48.6 Å². The molecule has 1 aliphatic heterocycles. The molecule has 3 rings (SSSR count). The average molecular weight is 398 g/mol. The summed E-state index contributed by atoms with van der Waals surface area (Å²) in [7, 11) is 0. The van der Waals surface area contributed by atoms with Crippen molar-refractivity contribution < 1.29 is 29.3 Å². The predicted octanol–water partition coefficient (Wildman–Crippen LogP) is 3.41. The summed E-state index contributed by atoms with van der Waals surface area (Å²) in [5.41, 5.74) is 0.944. The van der Waals surface area contributed by atoms with Crippen LogP contribution in [0, 0.1) is 11.8 Å². The van der Waals surface area contributed by atoms with Gasteiger partial charge in [-0.3, -0.25) is 9.59 Å². The van der Waals surface area contributed by atoms with Crippen molar-refractivity contribution in [2.45, 2.75) is 44.7 Å². The van der Waals surface area contributed by atoms with E-state index in [4.69, 9.17) is 14.6 Å². The lowest BCUT2D eigenvalue weighted by Gasteiger charge is -2.28. The fourth-order valence-electron chi connectivity index (χ4n) is 3.43. The fourth-order valence-corrected chi connectivity index (χ4v) is 3.43. The maximum Gasteiger partial charge on any atom is 0.303 e. The molecule has 0 spiro atoms. The number of ketones is 1. The highest BCUT2D eigenvalue weighted by Gasteiger charge is 2.29. The van der Waals surface area contributed by atoms with Crippen molar-refractivity contribution in [2.24, 2.45) is 11.8 Å². The lowest BCUT2D eigenvalue weighted by molar-refractivity contribution is -0.152. The van der Waals surface area contributed by atoms with Gasteiger partial charge in [0.25, 0.3) is 0 Å². The number of aliphatic hydroxyl groups excluding tert-OH is 1. The number of benzene rings is 1. The Balaban J connectivity index is 1.50. The third-order valence-electron chi connectivity index (χ3n) is 5.06. The highest BCUT2D eigenvalue weighted by atomic mass is 16.7. The molecule has 2 N–H and O–H groups in total. The summed E-state index contributed by atoms with van der Waals surface area (Å²) in [4.78, 5) is 22.6. The standard InChI is InChI=1S/C23H26O6/c24-19-13-11-16(18(19)8-3-1-2-4-10-22(26)27)12-14-20(25)23-28-15-17-7-5-6-9-21(17)29-23/h1,3,5-7,9,11-14,16,18,20,23,25H,2,4,8,10,15H2,(H,26,27)/b3-1-,14-12+/t16-,18-,20+,23?/m1/s1. The molecular formula is C23H26O6. The minimum Gasteiger partial charge on any atom is -0.481 e. The van der Waals surface area contributed by atoms with Crippen molar-refractivity contribution >= 4 is 11.8 Å². The maximum atomic E-state index is 12.1. The number of fused-ring (bicyclic) bond motifs is 1. The third kappa shape index (κ3) is 5.89. The van der Waals surface area contributed by atoms with Gasteiger partial charge < -0.3 is 19.7 Å². The number of aliphatic carboxylic acids is 1. The number of hydrogen-bond acceptors (Lipinski definition) is 5. The molecule has 0 bridgehead atoms. The first kappa shape index (κ1) is 21.0. The van der Waals surface area contributed by atoms with Gasteiger partial charge in [-0.25, -0.2) is 0 Å². The number of para-hydroxylation sites is 1. The average Bonchev–Trinajstić information content (AvgIpc) is 3.07. The smallest absolute Gasteiger partial charge is 0.303 e. The van der Waals surface area contributed by atoms with Gasteiger partial charge in [-0.1, -0.05) is 48.6 Å². The predicted molar refractivity (Wildman–Crippen MR) is 107 cm³/mol. The van der Waals surface area contributed by atoms with Crippen molar-refractivity contribution in [3.05, 3.63) is 66.3 Å². The van der Waals surface area contributed by atoms with Crippen molar-refractivity contribution in [2.75, 3.05) is 0 Å². The molecule has 0 amide bonds. The number of unbranched alkanes of at least 4 members (excludes halogenated alkanes) is 1. The Bertz CT molecular complexity index is 809. The van der Waals surface area contributed by atoms with Gasteiger partial charge in [-0.05, 0) is 31.4 Å². The largest absolute Gasteiger partial charge is 0.481 e. The van der Waals surface area contributed by atoms with E-state index in [-0.39, 0.29) is 24.0 Å². The monoisotopic (exact) mass is 398 g/mol. The number of hydrogen-bond donors (Lipinski definition) is 2. The van der Waals surface area contributed by atoms with E-state index in [2.05, 4.69) is 0 Å². The van der Waals surface area contributed by atoms with Crippen LogP contribution in [-0.2, 0) is 20.9 Å². The number of ether oxygens (including phenoxy) is 2. The second-order valence-electron chi connectivity index (χ2n) is 7.22. The van der Waals surface area contributed by atoms with Gasteiger partial charge in [0, 0.05) is 23.8 Å². The molecule has 0 fully saturated rings. The third-order valence-corrected chi connectivity index (χ3v) is 5.06. The molecule has 1 unspecified atom stereocenters. The molecule has 29 heavy (non-hydrogen) atoms. The van der Waals surface area contributed by atoms with Crippen LogP contribution >= 0.6 is 0 Å². The number of aliphatic hydroxyl groups is 1. The topological polar surface area (TPSA) is 93.1 Å². The molecule has 2 aliphatic rings. The van der Waals surface area contributed by atoms with Crippen LogP contribution in [-0.4, -0.2) is 34.4 Å². The number of rotatable bonds is 9. The highest BCUT2D eigenvalue weighted by Crippen LogP contribution is 2.29. The van der Waals surface area contributed by atoms with Crippen LogP contribution in [0.4, 0.5) is 0 Å². The summed E-state index contributed by atoms with van der Waals surface area (Å²) < 4.78 is 11.3. The molecule has 0 aromatic heterocycles. The minimum atomic E-state index is -0.945. The summed E-state index contributed by atoms with van der Waals surface area (Å²) in [6.07, 6.45) is 11.0. The van der Waals surface area contributed by atoms with E-state index in [1.165, 1.54) is 0 Å². The minimum absolute atomic E-state index is 0.0587. The Hall–Kier alpha value is -2.70. The Kier molecular flexibility index (Phi) is 7.38. The van der Waals surface area contributed by atoms with Gasteiger partial charge in [-0.15, -0.1) is 0 Å². The van der Waals surface area contributed by atoms with Crippen LogP contribution in [0.2, 0.25) is 0 Å². The van der Waals surface area contributed by atoms with E-state index >= 15 is 0 Å². The zero-order chi connectivity index (χ0) is 20.6. The van der Waals surface area contributed by atoms with Crippen molar-refractivity contribution in [1.29, 1.82) is 0 Å². The molecule has 0 saturated carbocycles. The van der Waals surface area contributed by atoms with Crippen LogP contribution in [0.1, 0.15) is 31.2 Å². The van der Waals surface area contributed by atoms with Gasteiger partial charge >= 0.3 is 5.97 Å². The van der Waals surface area contributed by atoms with Crippen molar-refractivity contribution in [3.8, 4) is 5.75 Å². The van der Waals surface area contributed by atoms with Gasteiger partial charge in [-0.2, -0.15) is 0 Å². The second-order valence-corrected chi connectivity index (χ2v) is 7.22. The maximum absolute atomic E-state index is 12.1. The highest BCUT2D eigenvalue weighted by molar-refractivity contribution is 5.95. The van der Waals surface area contributed by atoms with Gasteiger partial charge in [0.05, 0.1) is 6.61 Å². The molecule has 6 nitrogen and oxygen atoms in total. The van der Waals surface area contributed by atoms with Crippen LogP contribution in [0.3, 0.4) is 0 Å². The molecule has 1 aromatic rings. The Labute approximate surface area is 170 Å². The normalized spacial score (nSPS) is 24.7. The van der Waals surface area contributed by atoms with Crippen LogP contribution in [0.5, 0.6) is 5.75 Å². The number of carbonyl (C=O) groups is 2. The van der Waals surface area contributed by atoms with E-state index in [0.717, 1.165) is 5.56 Å². The van der Waals surface area contributed by atoms with E-state index in [9.17, 15) is 14.7 Å². The fraction of sp³-hybridized carbons (Fsp3) is 0.391. The zero-order valence-corrected chi connectivity index (χ0v) is 16.1. The van der Waals surface area contributed by atoms with Crippen LogP contribution in [0.25, 0.3) is 0 Å². The molecule has 154 valence electrons. The lowest BCUT2D eigenvalue weighted by Crippen LogP contribution is -2.36. The second kappa shape index (κ2) is 10.2. The SMILES string of the molecule is O=C(O)CCC/C=C\C[C@H]1C(=O)C=C[C@@H]1/C=C/[C@H](O)C1OCc2ccccc2O1. The molecule has 1 aromatic carbocycles. The quantitative estimate of drug-likeness (QED) is 0.489. The van der Waals surface area contributed by atoms with E-state index in [0.29, 0.717) is 31.6 Å². The summed E-state index contributed by atoms with van der Waals surface area (Å²) in [5, 5.41) is 19.1. The van der Waals surface area contributed by atoms with Crippen LogP contribution < -0.4 is 4.74 Å². The zero-order valence-electron chi connectivity index (χ0n) is 16.1. The van der Waals surface area contributed by atoms with Crippen molar-refractivity contribution in [1.82, 2.24) is 0 Å². The van der Waals surface area contributed by atoms with E-state index < -0.39 is 18.4 Å². The molecule has 0 radical (unpaired) electrons. The lowest BCUT2D eigenvalue weighted by atomic mass is 9.90. The number of carbonyl (C=O) groups excluding carboxylic acids is 1. The van der Waals surface area contributed by atoms with E-state index in [1.54, 1.807) is 12.2 Å². The Morgan fingerprint density at radius 3 is 2.93 bits per heavy atom. The summed E-state index contributed by atoms with van der Waals surface area (Å²) in [6, 6.07) is 7.55. The van der Waals surface area contributed by atoms with Crippen LogP contribution in [0.15, 0.2) is 60.7 Å². The summed E-state index contributed by atoms with van der Waals surface area (Å²) >= 11 is 0. The van der Waals surface area contributed by atoms with Gasteiger partial charge in [0.1, 0.15) is 11.9 Å². The first-order valence-electron chi connectivity index (χ1n) is 9.86. The van der Waals surface area contributed by atoms with Gasteiger partial charge in [0.15, 0.2) is 5.78 Å². The Morgan fingerprint density at radius 1 is 1.28 bits per heavy atom. The molecule has 4 atom stereocenters.